The van der Waals surface area contributed by atoms with Crippen LogP contribution in [0.3, 0.4) is 0 Å². The van der Waals surface area contributed by atoms with Crippen molar-refractivity contribution < 1.29 is 9.53 Å². The van der Waals surface area contributed by atoms with Crippen LogP contribution in [-0.4, -0.2) is 41.9 Å². The molecule has 3 heterocycles. The van der Waals surface area contributed by atoms with E-state index in [1.807, 2.05) is 31.1 Å². The fourth-order valence-corrected chi connectivity index (χ4v) is 3.02. The largest absolute Gasteiger partial charge is 0.494 e. The SMILES string of the molecule is COc1cnc2c3c(nccc13)-c1nccc(N(C)C)c1C2=O. The number of aromatic nitrogens is 3. The summed E-state index contributed by atoms with van der Waals surface area (Å²) in [5.41, 5.74) is 3.01. The number of hydrogen-bond acceptors (Lipinski definition) is 6. The van der Waals surface area contributed by atoms with Crippen molar-refractivity contribution in [2.75, 3.05) is 26.1 Å². The highest BCUT2D eigenvalue weighted by Gasteiger charge is 2.32. The second-order valence-electron chi connectivity index (χ2n) is 5.53. The number of rotatable bonds is 2. The van der Waals surface area contributed by atoms with Crippen LogP contribution in [0.15, 0.2) is 30.7 Å². The van der Waals surface area contributed by atoms with E-state index >= 15 is 0 Å². The van der Waals surface area contributed by atoms with Gasteiger partial charge in [-0.3, -0.25) is 14.8 Å². The van der Waals surface area contributed by atoms with Crippen molar-refractivity contribution in [3.8, 4) is 17.1 Å². The van der Waals surface area contributed by atoms with Crippen molar-refractivity contribution in [2.24, 2.45) is 0 Å². The van der Waals surface area contributed by atoms with E-state index in [0.29, 0.717) is 33.8 Å². The lowest BCUT2D eigenvalue weighted by Crippen LogP contribution is -2.20. The summed E-state index contributed by atoms with van der Waals surface area (Å²) in [4.78, 5) is 28.1. The molecule has 0 N–H and O–H groups in total. The summed E-state index contributed by atoms with van der Waals surface area (Å²) >= 11 is 0. The zero-order chi connectivity index (χ0) is 16.1. The van der Waals surface area contributed by atoms with Gasteiger partial charge in [-0.05, 0) is 12.1 Å². The minimum absolute atomic E-state index is 0.134. The summed E-state index contributed by atoms with van der Waals surface area (Å²) in [6.07, 6.45) is 4.98. The molecule has 23 heavy (non-hydrogen) atoms. The molecular weight excluding hydrogens is 292 g/mol. The van der Waals surface area contributed by atoms with Gasteiger partial charge in [-0.25, -0.2) is 4.98 Å². The van der Waals surface area contributed by atoms with Crippen LogP contribution in [0.25, 0.3) is 22.2 Å². The van der Waals surface area contributed by atoms with Crippen LogP contribution in [-0.2, 0) is 0 Å². The molecule has 0 saturated heterocycles. The molecule has 3 aromatic rings. The molecule has 0 aromatic carbocycles. The van der Waals surface area contributed by atoms with E-state index < -0.39 is 0 Å². The number of methoxy groups -OCH3 is 1. The lowest BCUT2D eigenvalue weighted by atomic mass is 9.90. The third-order valence-corrected chi connectivity index (χ3v) is 4.06. The van der Waals surface area contributed by atoms with Crippen LogP contribution in [0.2, 0.25) is 0 Å². The van der Waals surface area contributed by atoms with Crippen LogP contribution in [0.1, 0.15) is 16.1 Å². The molecule has 0 bridgehead atoms. The lowest BCUT2D eigenvalue weighted by molar-refractivity contribution is 0.103. The van der Waals surface area contributed by atoms with Crippen molar-refractivity contribution >= 4 is 22.2 Å². The third-order valence-electron chi connectivity index (χ3n) is 4.06. The molecule has 0 saturated carbocycles. The van der Waals surface area contributed by atoms with Gasteiger partial charge in [-0.1, -0.05) is 0 Å². The normalized spacial score (nSPS) is 12.2. The van der Waals surface area contributed by atoms with Crippen LogP contribution < -0.4 is 9.64 Å². The lowest BCUT2D eigenvalue weighted by Gasteiger charge is -2.23. The van der Waals surface area contributed by atoms with Crippen LogP contribution >= 0.6 is 0 Å². The summed E-state index contributed by atoms with van der Waals surface area (Å²) in [6, 6.07) is 3.66. The molecule has 1 aliphatic rings. The molecule has 114 valence electrons. The minimum atomic E-state index is -0.134. The summed E-state index contributed by atoms with van der Waals surface area (Å²) in [7, 11) is 5.38. The molecule has 0 atom stereocenters. The highest BCUT2D eigenvalue weighted by molar-refractivity contribution is 6.26. The first-order chi connectivity index (χ1) is 11.1. The predicted octanol–water partition coefficient (Wildman–Crippen LogP) is 2.31. The molecule has 4 rings (SSSR count). The highest BCUT2D eigenvalue weighted by Crippen LogP contribution is 2.41. The van der Waals surface area contributed by atoms with E-state index in [4.69, 9.17) is 4.74 Å². The standard InChI is InChI=1S/C17H14N4O2/c1-21(2)10-5-7-19-15-13(10)17(22)16-12-9(4-6-18-14(12)15)11(23-3)8-20-16/h4-8H,1-3H3. The quantitative estimate of drug-likeness (QED) is 0.566. The maximum absolute atomic E-state index is 13.0. The molecule has 0 spiro atoms. The van der Waals surface area contributed by atoms with Crippen molar-refractivity contribution in [3.05, 3.63) is 42.0 Å². The van der Waals surface area contributed by atoms with Gasteiger partial charge in [0.05, 0.1) is 30.3 Å². The van der Waals surface area contributed by atoms with E-state index in [0.717, 1.165) is 11.1 Å². The van der Waals surface area contributed by atoms with Gasteiger partial charge in [-0.15, -0.1) is 0 Å². The zero-order valence-electron chi connectivity index (χ0n) is 13.0. The van der Waals surface area contributed by atoms with Gasteiger partial charge in [0, 0.05) is 37.3 Å². The van der Waals surface area contributed by atoms with E-state index in [1.54, 1.807) is 25.7 Å². The van der Waals surface area contributed by atoms with Gasteiger partial charge in [0.15, 0.2) is 0 Å². The second-order valence-corrected chi connectivity index (χ2v) is 5.53. The summed E-state index contributed by atoms with van der Waals surface area (Å²) in [5.74, 6) is 0.484. The molecule has 1 aliphatic carbocycles. The molecule has 0 radical (unpaired) electrons. The Hall–Kier alpha value is -3.02. The van der Waals surface area contributed by atoms with Gasteiger partial charge in [-0.2, -0.15) is 0 Å². The Balaban J connectivity index is 2.18. The van der Waals surface area contributed by atoms with Crippen LogP contribution in [0.5, 0.6) is 5.75 Å². The number of pyridine rings is 3. The molecule has 0 fully saturated rings. The molecule has 0 unspecified atom stereocenters. The Morgan fingerprint density at radius 3 is 2.48 bits per heavy atom. The van der Waals surface area contributed by atoms with E-state index in [2.05, 4.69) is 15.0 Å². The Morgan fingerprint density at radius 1 is 1.00 bits per heavy atom. The second kappa shape index (κ2) is 4.74. The number of hydrogen-bond donors (Lipinski definition) is 0. The van der Waals surface area contributed by atoms with Crippen molar-refractivity contribution in [3.63, 3.8) is 0 Å². The Kier molecular flexibility index (Phi) is 2.81. The minimum Gasteiger partial charge on any atom is -0.494 e. The van der Waals surface area contributed by atoms with Crippen molar-refractivity contribution in [1.29, 1.82) is 0 Å². The van der Waals surface area contributed by atoms with Gasteiger partial charge in [0.1, 0.15) is 17.1 Å². The molecule has 0 aliphatic heterocycles. The molecule has 3 aromatic heterocycles. The van der Waals surface area contributed by atoms with Gasteiger partial charge < -0.3 is 9.64 Å². The number of carbonyl (C=O) groups is 1. The summed E-state index contributed by atoms with van der Waals surface area (Å²) in [6.45, 7) is 0. The average molecular weight is 306 g/mol. The van der Waals surface area contributed by atoms with Crippen LogP contribution in [0.4, 0.5) is 5.69 Å². The van der Waals surface area contributed by atoms with Crippen LogP contribution in [0, 0.1) is 0 Å². The number of ether oxygens (including phenoxy) is 1. The zero-order valence-corrected chi connectivity index (χ0v) is 13.0. The topological polar surface area (TPSA) is 68.2 Å². The Labute approximate surface area is 132 Å². The maximum atomic E-state index is 13.0. The predicted molar refractivity (Wildman–Crippen MR) is 87.1 cm³/mol. The monoisotopic (exact) mass is 306 g/mol. The highest BCUT2D eigenvalue weighted by atomic mass is 16.5. The van der Waals surface area contributed by atoms with E-state index in [-0.39, 0.29) is 5.78 Å². The number of carbonyl (C=O) groups excluding carboxylic acids is 1. The third kappa shape index (κ3) is 1.75. The number of anilines is 1. The van der Waals surface area contributed by atoms with E-state index in [1.165, 1.54) is 0 Å². The average Bonchev–Trinajstić information content (AvgIpc) is 2.58. The fourth-order valence-electron chi connectivity index (χ4n) is 3.02. The molecule has 0 amide bonds. The fraction of sp³-hybridized carbons (Fsp3) is 0.176. The molecule has 6 nitrogen and oxygen atoms in total. The summed E-state index contributed by atoms with van der Waals surface area (Å²) < 4.78 is 5.36. The van der Waals surface area contributed by atoms with Gasteiger partial charge in [0.25, 0.3) is 0 Å². The first-order valence-electron chi connectivity index (χ1n) is 7.16. The smallest absolute Gasteiger partial charge is 0.216 e. The maximum Gasteiger partial charge on any atom is 0.216 e. The first-order valence-corrected chi connectivity index (χ1v) is 7.16. The Bertz CT molecular complexity index is 966. The van der Waals surface area contributed by atoms with Gasteiger partial charge >= 0.3 is 0 Å². The molecular formula is C17H14N4O2. The molecule has 6 heteroatoms. The Morgan fingerprint density at radius 2 is 1.74 bits per heavy atom. The number of fused-ring (bicyclic) bond motifs is 2. The van der Waals surface area contributed by atoms with E-state index in [9.17, 15) is 4.79 Å². The summed E-state index contributed by atoms with van der Waals surface area (Å²) in [5, 5.41) is 1.52. The van der Waals surface area contributed by atoms with Gasteiger partial charge in [0.2, 0.25) is 5.78 Å². The van der Waals surface area contributed by atoms with Crippen molar-refractivity contribution in [1.82, 2.24) is 15.0 Å². The van der Waals surface area contributed by atoms with Crippen molar-refractivity contribution in [2.45, 2.75) is 0 Å². The number of nitrogens with zero attached hydrogens (tertiary/aromatic N) is 4. The first kappa shape index (κ1) is 13.6. The number of ketones is 1.